The highest BCUT2D eigenvalue weighted by molar-refractivity contribution is 5.88. The Hall–Kier alpha value is -2.95. The molecule has 0 atom stereocenters. The summed E-state index contributed by atoms with van der Waals surface area (Å²) >= 11 is 0. The Morgan fingerprint density at radius 2 is 1.95 bits per heavy atom. The van der Waals surface area contributed by atoms with Gasteiger partial charge in [-0.15, -0.1) is 0 Å². The van der Waals surface area contributed by atoms with Crippen LogP contribution in [0.15, 0.2) is 54.9 Å². The van der Waals surface area contributed by atoms with E-state index >= 15 is 0 Å². The first-order valence-electron chi connectivity index (χ1n) is 6.45. The molecule has 0 saturated heterocycles. The molecule has 104 valence electrons. The third kappa shape index (κ3) is 2.81. The lowest BCUT2D eigenvalue weighted by atomic mass is 10.1. The summed E-state index contributed by atoms with van der Waals surface area (Å²) in [7, 11) is 0. The van der Waals surface area contributed by atoms with E-state index in [2.05, 4.69) is 9.97 Å². The molecule has 1 aromatic carbocycles. The first kappa shape index (κ1) is 13.1. The number of ether oxygens (including phenoxy) is 1. The first-order chi connectivity index (χ1) is 10.2. The van der Waals surface area contributed by atoms with Crippen LogP contribution in [0, 0.1) is 0 Å². The van der Waals surface area contributed by atoms with Crippen LogP contribution in [0.2, 0.25) is 0 Å². The van der Waals surface area contributed by atoms with Crippen LogP contribution < -0.4 is 5.73 Å². The Morgan fingerprint density at radius 3 is 2.76 bits per heavy atom. The van der Waals surface area contributed by atoms with E-state index in [9.17, 15) is 4.79 Å². The van der Waals surface area contributed by atoms with Crippen LogP contribution in [0.25, 0.3) is 10.9 Å². The van der Waals surface area contributed by atoms with E-state index in [1.165, 1.54) is 6.20 Å². The van der Waals surface area contributed by atoms with Gasteiger partial charge in [-0.1, -0.05) is 18.2 Å². The summed E-state index contributed by atoms with van der Waals surface area (Å²) in [6, 6.07) is 12.7. The third-order valence-corrected chi connectivity index (χ3v) is 3.09. The number of carbonyl (C=O) groups is 1. The summed E-state index contributed by atoms with van der Waals surface area (Å²) in [6.45, 7) is 0.175. The van der Waals surface area contributed by atoms with E-state index in [-0.39, 0.29) is 12.3 Å². The van der Waals surface area contributed by atoms with Crippen LogP contribution in [0.4, 0.5) is 5.69 Å². The Morgan fingerprint density at radius 1 is 1.10 bits per heavy atom. The van der Waals surface area contributed by atoms with Crippen molar-refractivity contribution in [2.24, 2.45) is 0 Å². The summed E-state index contributed by atoms with van der Waals surface area (Å²) in [5.74, 6) is -0.476. The Bertz CT molecular complexity index is 780. The molecule has 21 heavy (non-hydrogen) atoms. The largest absolute Gasteiger partial charge is 0.456 e. The van der Waals surface area contributed by atoms with Gasteiger partial charge in [0.25, 0.3) is 0 Å². The number of nitrogens with two attached hydrogens (primary N) is 1. The van der Waals surface area contributed by atoms with Crippen LogP contribution in [0.1, 0.15) is 16.1 Å². The monoisotopic (exact) mass is 279 g/mol. The maximum absolute atomic E-state index is 11.9. The van der Waals surface area contributed by atoms with Crippen LogP contribution in [-0.2, 0) is 11.3 Å². The lowest BCUT2D eigenvalue weighted by Crippen LogP contribution is -2.07. The molecule has 0 saturated carbocycles. The molecular weight excluding hydrogens is 266 g/mol. The SMILES string of the molecule is Nc1ccc(C(=O)OCc2ccnc3ccccc23)nc1. The molecule has 3 rings (SSSR count). The summed E-state index contributed by atoms with van der Waals surface area (Å²) in [4.78, 5) is 20.1. The maximum Gasteiger partial charge on any atom is 0.357 e. The van der Waals surface area contributed by atoms with Crippen LogP contribution in [0.3, 0.4) is 0 Å². The van der Waals surface area contributed by atoms with E-state index in [1.807, 2.05) is 30.3 Å². The fraction of sp³-hybridized carbons (Fsp3) is 0.0625. The van der Waals surface area contributed by atoms with Crippen molar-refractivity contribution >= 4 is 22.6 Å². The average molecular weight is 279 g/mol. The summed E-state index contributed by atoms with van der Waals surface area (Å²) in [5, 5.41) is 0.970. The van der Waals surface area contributed by atoms with E-state index < -0.39 is 5.97 Å². The highest BCUT2D eigenvalue weighted by Gasteiger charge is 2.10. The molecule has 0 spiro atoms. The number of pyridine rings is 2. The molecule has 0 aliphatic carbocycles. The van der Waals surface area contributed by atoms with E-state index in [1.54, 1.807) is 18.3 Å². The summed E-state index contributed by atoms with van der Waals surface area (Å²) < 4.78 is 5.29. The van der Waals surface area contributed by atoms with Gasteiger partial charge in [0.05, 0.1) is 17.4 Å². The number of hydrogen-bond donors (Lipinski definition) is 1. The van der Waals surface area contributed by atoms with Gasteiger partial charge >= 0.3 is 5.97 Å². The predicted molar refractivity (Wildman–Crippen MR) is 79.5 cm³/mol. The second-order valence-corrected chi connectivity index (χ2v) is 4.54. The number of benzene rings is 1. The standard InChI is InChI=1S/C16H13N3O2/c17-12-5-6-15(19-9-12)16(20)21-10-11-7-8-18-14-4-2-1-3-13(11)14/h1-9H,10,17H2. The minimum Gasteiger partial charge on any atom is -0.456 e. The molecule has 0 amide bonds. The lowest BCUT2D eigenvalue weighted by Gasteiger charge is -2.07. The first-order valence-corrected chi connectivity index (χ1v) is 6.45. The number of aromatic nitrogens is 2. The van der Waals surface area contributed by atoms with Crippen LogP contribution in [-0.4, -0.2) is 15.9 Å². The van der Waals surface area contributed by atoms with Gasteiger partial charge in [0.2, 0.25) is 0 Å². The van der Waals surface area contributed by atoms with Crippen molar-refractivity contribution in [1.82, 2.24) is 9.97 Å². The molecular formula is C16H13N3O2. The fourth-order valence-electron chi connectivity index (χ4n) is 2.02. The van der Waals surface area contributed by atoms with E-state index in [0.717, 1.165) is 16.5 Å². The zero-order valence-corrected chi connectivity index (χ0v) is 11.2. The van der Waals surface area contributed by atoms with E-state index in [0.29, 0.717) is 5.69 Å². The number of hydrogen-bond acceptors (Lipinski definition) is 5. The Balaban J connectivity index is 1.77. The third-order valence-electron chi connectivity index (χ3n) is 3.09. The molecule has 5 nitrogen and oxygen atoms in total. The number of anilines is 1. The zero-order chi connectivity index (χ0) is 14.7. The molecule has 2 aromatic heterocycles. The normalized spacial score (nSPS) is 10.5. The maximum atomic E-state index is 11.9. The summed E-state index contributed by atoms with van der Waals surface area (Å²) in [6.07, 6.45) is 3.13. The van der Waals surface area contributed by atoms with Crippen molar-refractivity contribution in [3.63, 3.8) is 0 Å². The molecule has 0 fully saturated rings. The molecule has 2 N–H and O–H groups in total. The fourth-order valence-corrected chi connectivity index (χ4v) is 2.02. The van der Waals surface area contributed by atoms with Gasteiger partial charge in [0.1, 0.15) is 12.3 Å². The minimum atomic E-state index is -0.476. The van der Waals surface area contributed by atoms with Crippen molar-refractivity contribution in [2.45, 2.75) is 6.61 Å². The van der Waals surface area contributed by atoms with Crippen molar-refractivity contribution < 1.29 is 9.53 Å². The number of rotatable bonds is 3. The molecule has 0 radical (unpaired) electrons. The predicted octanol–water partition coefficient (Wildman–Crippen LogP) is 2.57. The average Bonchev–Trinajstić information content (AvgIpc) is 2.53. The Labute approximate surface area is 121 Å². The number of fused-ring (bicyclic) bond motifs is 1. The molecule has 5 heteroatoms. The minimum absolute atomic E-state index is 0.175. The van der Waals surface area contributed by atoms with Gasteiger partial charge in [-0.25, -0.2) is 9.78 Å². The topological polar surface area (TPSA) is 78.1 Å². The van der Waals surface area contributed by atoms with Gasteiger partial charge in [0, 0.05) is 17.1 Å². The second-order valence-electron chi connectivity index (χ2n) is 4.54. The number of nitrogens with zero attached hydrogens (tertiary/aromatic N) is 2. The molecule has 0 aliphatic heterocycles. The number of carbonyl (C=O) groups excluding carboxylic acids is 1. The van der Waals surface area contributed by atoms with Gasteiger partial charge < -0.3 is 10.5 Å². The van der Waals surface area contributed by atoms with Gasteiger partial charge in [-0.05, 0) is 24.3 Å². The van der Waals surface area contributed by atoms with Crippen molar-refractivity contribution in [2.75, 3.05) is 5.73 Å². The number of para-hydroxylation sites is 1. The second kappa shape index (κ2) is 5.58. The quantitative estimate of drug-likeness (QED) is 0.745. The Kier molecular flexibility index (Phi) is 3.47. The molecule has 0 bridgehead atoms. The van der Waals surface area contributed by atoms with Crippen LogP contribution in [0.5, 0.6) is 0 Å². The molecule has 3 aromatic rings. The zero-order valence-electron chi connectivity index (χ0n) is 11.2. The smallest absolute Gasteiger partial charge is 0.357 e. The molecule has 2 heterocycles. The van der Waals surface area contributed by atoms with Gasteiger partial charge in [-0.3, -0.25) is 4.98 Å². The van der Waals surface area contributed by atoms with Crippen LogP contribution >= 0.6 is 0 Å². The molecule has 0 unspecified atom stereocenters. The number of esters is 1. The van der Waals surface area contributed by atoms with Crippen molar-refractivity contribution in [3.8, 4) is 0 Å². The van der Waals surface area contributed by atoms with Gasteiger partial charge in [-0.2, -0.15) is 0 Å². The summed E-state index contributed by atoms with van der Waals surface area (Å²) in [5.41, 5.74) is 8.06. The van der Waals surface area contributed by atoms with E-state index in [4.69, 9.17) is 10.5 Å². The highest BCUT2D eigenvalue weighted by Crippen LogP contribution is 2.17. The van der Waals surface area contributed by atoms with Crippen molar-refractivity contribution in [3.05, 3.63) is 66.1 Å². The van der Waals surface area contributed by atoms with Crippen molar-refractivity contribution in [1.29, 1.82) is 0 Å². The van der Waals surface area contributed by atoms with Gasteiger partial charge in [0.15, 0.2) is 0 Å². The number of nitrogen functional groups attached to an aromatic ring is 1. The lowest BCUT2D eigenvalue weighted by molar-refractivity contribution is 0.0467. The highest BCUT2D eigenvalue weighted by atomic mass is 16.5. The molecule has 0 aliphatic rings.